The number of carbonyl (C=O) groups excluding carboxylic acids is 2. The molecular weight excluding hydrogens is 368 g/mol. The maximum atomic E-state index is 13.7. The van der Waals surface area contributed by atoms with Crippen molar-refractivity contribution in [2.24, 2.45) is 0 Å². The van der Waals surface area contributed by atoms with Gasteiger partial charge in [0.2, 0.25) is 0 Å². The van der Waals surface area contributed by atoms with Gasteiger partial charge in [0.1, 0.15) is 17.5 Å². The Labute approximate surface area is 151 Å². The third kappa shape index (κ3) is 3.07. The molecule has 0 aliphatic carbocycles. The fraction of sp³-hybridized carbons (Fsp3) is 0. The predicted molar refractivity (Wildman–Crippen MR) is 92.7 cm³/mol. The minimum atomic E-state index is -0.915. The van der Waals surface area contributed by atoms with E-state index in [0.29, 0.717) is 0 Å². The zero-order valence-corrected chi connectivity index (χ0v) is 13.9. The Hall–Kier alpha value is -2.88. The van der Waals surface area contributed by atoms with Crippen LogP contribution in [0.15, 0.2) is 42.0 Å². The van der Waals surface area contributed by atoms with E-state index in [0.717, 1.165) is 6.07 Å². The van der Waals surface area contributed by atoms with E-state index in [1.54, 1.807) is 6.07 Å². The lowest BCUT2D eigenvalue weighted by Crippen LogP contribution is -2.18. The zero-order chi connectivity index (χ0) is 18.1. The molecule has 3 rings (SSSR count). The number of carbonyl (C=O) groups is 2. The van der Waals surface area contributed by atoms with Gasteiger partial charge in [-0.25, -0.2) is 4.39 Å². The molecule has 0 unspecified atom stereocenters. The van der Waals surface area contributed by atoms with Gasteiger partial charge in [-0.1, -0.05) is 35.3 Å². The minimum Gasteiger partial charge on any atom is -0.320 e. The second kappa shape index (κ2) is 6.55. The van der Waals surface area contributed by atoms with Gasteiger partial charge in [0.05, 0.1) is 22.0 Å². The molecule has 0 saturated heterocycles. The Morgan fingerprint density at radius 2 is 1.96 bits per heavy atom. The third-order valence-corrected chi connectivity index (χ3v) is 4.02. The van der Waals surface area contributed by atoms with Gasteiger partial charge in [-0.2, -0.15) is 5.26 Å². The number of benzene rings is 2. The van der Waals surface area contributed by atoms with Gasteiger partial charge in [0.15, 0.2) is 0 Å². The number of anilines is 2. The number of fused-ring (bicyclic) bond motifs is 1. The highest BCUT2D eigenvalue weighted by molar-refractivity contribution is 6.43. The number of amides is 2. The molecule has 1 heterocycles. The molecule has 5 nitrogen and oxygen atoms in total. The first-order valence-electron chi connectivity index (χ1n) is 6.93. The van der Waals surface area contributed by atoms with Crippen LogP contribution in [0, 0.1) is 17.1 Å². The molecule has 0 atom stereocenters. The number of rotatable bonds is 2. The largest absolute Gasteiger partial charge is 0.320 e. The van der Waals surface area contributed by atoms with Crippen LogP contribution in [-0.2, 0) is 9.59 Å². The smallest absolute Gasteiger partial charge is 0.267 e. The average molecular weight is 376 g/mol. The quantitative estimate of drug-likeness (QED) is 0.614. The van der Waals surface area contributed by atoms with Crippen LogP contribution < -0.4 is 10.6 Å². The molecule has 0 spiro atoms. The van der Waals surface area contributed by atoms with Crippen molar-refractivity contribution in [3.63, 3.8) is 0 Å². The highest BCUT2D eigenvalue weighted by Gasteiger charge is 2.32. The molecule has 0 fully saturated rings. The Kier molecular flexibility index (Phi) is 4.45. The molecule has 8 heteroatoms. The summed E-state index contributed by atoms with van der Waals surface area (Å²) in [5, 5.41) is 14.6. The van der Waals surface area contributed by atoms with Crippen molar-refractivity contribution in [3.05, 3.63) is 63.4 Å². The van der Waals surface area contributed by atoms with Crippen LogP contribution in [-0.4, -0.2) is 11.8 Å². The maximum absolute atomic E-state index is 13.7. The number of halogens is 3. The predicted octanol–water partition coefficient (Wildman–Crippen LogP) is 4.00. The molecule has 1 aliphatic rings. The molecule has 2 amide bonds. The van der Waals surface area contributed by atoms with Crippen molar-refractivity contribution in [1.29, 1.82) is 5.26 Å². The van der Waals surface area contributed by atoms with E-state index in [4.69, 9.17) is 23.2 Å². The lowest BCUT2D eigenvalue weighted by molar-refractivity contribution is -0.113. The van der Waals surface area contributed by atoms with Crippen molar-refractivity contribution >= 4 is 52.0 Å². The molecule has 124 valence electrons. The lowest BCUT2D eigenvalue weighted by Gasteiger charge is -2.07. The molecule has 2 aromatic rings. The Balaban J connectivity index is 2.09. The summed E-state index contributed by atoms with van der Waals surface area (Å²) >= 11 is 12.0. The second-order valence-electron chi connectivity index (χ2n) is 5.06. The molecule has 2 N–H and O–H groups in total. The number of nitrogens with zero attached hydrogens (tertiary/aromatic N) is 1. The van der Waals surface area contributed by atoms with Crippen LogP contribution in [0.4, 0.5) is 15.8 Å². The molecule has 0 aromatic heterocycles. The fourth-order valence-corrected chi connectivity index (χ4v) is 2.95. The van der Waals surface area contributed by atoms with Crippen LogP contribution in [0.3, 0.4) is 0 Å². The van der Waals surface area contributed by atoms with Crippen LogP contribution >= 0.6 is 23.2 Å². The lowest BCUT2D eigenvalue weighted by atomic mass is 10.0. The van der Waals surface area contributed by atoms with Crippen molar-refractivity contribution in [3.8, 4) is 6.07 Å². The molecule has 0 saturated carbocycles. The molecule has 0 bridgehead atoms. The third-order valence-electron chi connectivity index (χ3n) is 3.50. The monoisotopic (exact) mass is 375 g/mol. The first-order chi connectivity index (χ1) is 11.9. The van der Waals surface area contributed by atoms with E-state index in [2.05, 4.69) is 10.6 Å². The van der Waals surface area contributed by atoms with Crippen molar-refractivity contribution in [2.75, 3.05) is 10.6 Å². The Bertz CT molecular complexity index is 996. The average Bonchev–Trinajstić information content (AvgIpc) is 2.88. The normalized spacial score (nSPS) is 14.4. The van der Waals surface area contributed by atoms with E-state index >= 15 is 0 Å². The summed E-state index contributed by atoms with van der Waals surface area (Å²) < 4.78 is 13.7. The Morgan fingerprint density at radius 3 is 2.64 bits per heavy atom. The van der Waals surface area contributed by atoms with Crippen LogP contribution in [0.25, 0.3) is 5.57 Å². The van der Waals surface area contributed by atoms with E-state index in [-0.39, 0.29) is 32.6 Å². The van der Waals surface area contributed by atoms with Crippen LogP contribution in [0.1, 0.15) is 5.56 Å². The number of hydrogen-bond acceptors (Lipinski definition) is 3. The summed E-state index contributed by atoms with van der Waals surface area (Å²) in [4.78, 5) is 24.6. The van der Waals surface area contributed by atoms with Crippen LogP contribution in [0.2, 0.25) is 10.0 Å². The molecule has 2 aromatic carbocycles. The topological polar surface area (TPSA) is 82.0 Å². The van der Waals surface area contributed by atoms with Crippen molar-refractivity contribution in [2.45, 2.75) is 0 Å². The van der Waals surface area contributed by atoms with E-state index in [9.17, 15) is 19.2 Å². The second-order valence-corrected chi connectivity index (χ2v) is 5.90. The van der Waals surface area contributed by atoms with E-state index in [1.807, 2.05) is 0 Å². The van der Waals surface area contributed by atoms with Gasteiger partial charge in [-0.05, 0) is 24.3 Å². The zero-order valence-electron chi connectivity index (χ0n) is 12.4. The summed E-state index contributed by atoms with van der Waals surface area (Å²) in [6.07, 6.45) is 0. The van der Waals surface area contributed by atoms with Gasteiger partial charge in [0, 0.05) is 10.6 Å². The summed E-state index contributed by atoms with van der Waals surface area (Å²) in [5.74, 6) is -2.25. The summed E-state index contributed by atoms with van der Waals surface area (Å²) in [6.45, 7) is 0. The highest BCUT2D eigenvalue weighted by Crippen LogP contribution is 2.40. The molecule has 0 radical (unpaired) electrons. The van der Waals surface area contributed by atoms with Crippen LogP contribution in [0.5, 0.6) is 0 Å². The fourth-order valence-electron chi connectivity index (χ4n) is 2.41. The minimum absolute atomic E-state index is 0.108. The number of hydrogen-bond donors (Lipinski definition) is 2. The first-order valence-corrected chi connectivity index (χ1v) is 7.69. The maximum Gasteiger partial charge on any atom is 0.267 e. The van der Waals surface area contributed by atoms with Crippen molar-refractivity contribution in [1.82, 2.24) is 0 Å². The van der Waals surface area contributed by atoms with Gasteiger partial charge in [0.25, 0.3) is 11.8 Å². The summed E-state index contributed by atoms with van der Waals surface area (Å²) in [7, 11) is 0. The molecule has 25 heavy (non-hydrogen) atoms. The van der Waals surface area contributed by atoms with Gasteiger partial charge >= 0.3 is 0 Å². The van der Waals surface area contributed by atoms with E-state index in [1.165, 1.54) is 30.3 Å². The van der Waals surface area contributed by atoms with Gasteiger partial charge in [-0.15, -0.1) is 0 Å². The van der Waals surface area contributed by atoms with Crippen molar-refractivity contribution < 1.29 is 14.0 Å². The SMILES string of the molecule is N#CC(C(=O)Nc1ccccc1F)=C1C(=O)Nc2c(Cl)cc(Cl)cc21. The number of nitrogens with one attached hydrogen (secondary N) is 2. The Morgan fingerprint density at radius 1 is 1.24 bits per heavy atom. The first kappa shape index (κ1) is 17.0. The standard InChI is InChI=1S/C17H8Cl2FN3O2/c18-8-5-9-14(17(25)23-15(9)11(19)6-8)10(7-21)16(24)22-13-4-2-1-3-12(13)20/h1-6H,(H,22,24)(H,23,25). The number of para-hydroxylation sites is 1. The van der Waals surface area contributed by atoms with Gasteiger partial charge in [-0.3, -0.25) is 9.59 Å². The number of nitriles is 1. The van der Waals surface area contributed by atoms with Gasteiger partial charge < -0.3 is 10.6 Å². The molecule has 1 aliphatic heterocycles. The molecular formula is C17H8Cl2FN3O2. The van der Waals surface area contributed by atoms with E-state index < -0.39 is 23.2 Å². The summed E-state index contributed by atoms with van der Waals surface area (Å²) in [6, 6.07) is 10.0. The highest BCUT2D eigenvalue weighted by atomic mass is 35.5. The summed E-state index contributed by atoms with van der Waals surface area (Å²) in [5.41, 5.74) is -0.252.